The standard InChI is InChI=1S/C16H19NO2S/c1-3-19-16(18)8-15(17)13-6-4-5-12(7-13)14-10-20-9-11(14)2/h4-7,9-10,15H,3,8,17H2,1-2H3. The van der Waals surface area contributed by atoms with Gasteiger partial charge in [0.2, 0.25) is 0 Å². The predicted octanol–water partition coefficient (Wildman–Crippen LogP) is 3.68. The number of hydrogen-bond donors (Lipinski definition) is 1. The summed E-state index contributed by atoms with van der Waals surface area (Å²) in [4.78, 5) is 11.5. The van der Waals surface area contributed by atoms with Gasteiger partial charge in [0.1, 0.15) is 0 Å². The molecule has 0 saturated carbocycles. The van der Waals surface area contributed by atoms with Crippen LogP contribution in [0.4, 0.5) is 0 Å². The highest BCUT2D eigenvalue weighted by Gasteiger charge is 2.13. The van der Waals surface area contributed by atoms with Crippen molar-refractivity contribution < 1.29 is 9.53 Å². The Bertz CT molecular complexity index is 592. The molecule has 0 saturated heterocycles. The molecule has 0 aliphatic carbocycles. The van der Waals surface area contributed by atoms with E-state index in [4.69, 9.17) is 10.5 Å². The third-order valence-corrected chi connectivity index (χ3v) is 4.03. The summed E-state index contributed by atoms with van der Waals surface area (Å²) in [5.74, 6) is -0.253. The van der Waals surface area contributed by atoms with Gasteiger partial charge >= 0.3 is 5.97 Å². The van der Waals surface area contributed by atoms with E-state index in [2.05, 4.69) is 29.8 Å². The van der Waals surface area contributed by atoms with Crippen molar-refractivity contribution in [2.45, 2.75) is 26.3 Å². The topological polar surface area (TPSA) is 52.3 Å². The molecule has 0 aliphatic heterocycles. The van der Waals surface area contributed by atoms with Gasteiger partial charge in [0.15, 0.2) is 0 Å². The second-order valence-corrected chi connectivity index (χ2v) is 5.45. The normalized spacial score (nSPS) is 12.2. The van der Waals surface area contributed by atoms with Crippen LogP contribution in [0.25, 0.3) is 11.1 Å². The van der Waals surface area contributed by atoms with Gasteiger partial charge in [-0.25, -0.2) is 0 Å². The third-order valence-electron chi connectivity index (χ3n) is 3.17. The van der Waals surface area contributed by atoms with Crippen LogP contribution >= 0.6 is 11.3 Å². The molecule has 2 rings (SSSR count). The van der Waals surface area contributed by atoms with Gasteiger partial charge < -0.3 is 10.5 Å². The van der Waals surface area contributed by atoms with Crippen LogP contribution in [-0.2, 0) is 9.53 Å². The first-order chi connectivity index (χ1) is 9.61. The Morgan fingerprint density at radius 2 is 2.20 bits per heavy atom. The van der Waals surface area contributed by atoms with E-state index in [0.29, 0.717) is 6.61 Å². The van der Waals surface area contributed by atoms with Crippen molar-refractivity contribution >= 4 is 17.3 Å². The average Bonchev–Trinajstić information content (AvgIpc) is 2.85. The molecule has 2 aromatic rings. The maximum absolute atomic E-state index is 11.5. The molecular formula is C16H19NO2S. The number of nitrogens with two attached hydrogens (primary N) is 1. The number of hydrogen-bond acceptors (Lipinski definition) is 4. The molecule has 0 aliphatic rings. The predicted molar refractivity (Wildman–Crippen MR) is 82.7 cm³/mol. The third kappa shape index (κ3) is 3.46. The maximum Gasteiger partial charge on any atom is 0.307 e. The average molecular weight is 289 g/mol. The molecule has 20 heavy (non-hydrogen) atoms. The number of benzene rings is 1. The van der Waals surface area contributed by atoms with Gasteiger partial charge in [0, 0.05) is 6.04 Å². The Morgan fingerprint density at radius 1 is 1.40 bits per heavy atom. The van der Waals surface area contributed by atoms with Crippen molar-refractivity contribution in [2.75, 3.05) is 6.61 Å². The van der Waals surface area contributed by atoms with E-state index in [1.807, 2.05) is 12.1 Å². The van der Waals surface area contributed by atoms with Crippen molar-refractivity contribution in [1.82, 2.24) is 0 Å². The highest BCUT2D eigenvalue weighted by atomic mass is 32.1. The molecule has 1 unspecified atom stereocenters. The Morgan fingerprint density at radius 3 is 2.85 bits per heavy atom. The number of thiophene rings is 1. The largest absolute Gasteiger partial charge is 0.466 e. The van der Waals surface area contributed by atoms with Gasteiger partial charge in [-0.05, 0) is 52.9 Å². The number of carbonyl (C=O) groups is 1. The Balaban J connectivity index is 2.18. The lowest BCUT2D eigenvalue weighted by Gasteiger charge is -2.12. The zero-order chi connectivity index (χ0) is 14.5. The Kier molecular flexibility index (Phi) is 4.93. The van der Waals surface area contributed by atoms with Crippen LogP contribution < -0.4 is 5.73 Å². The summed E-state index contributed by atoms with van der Waals surface area (Å²) < 4.78 is 4.94. The van der Waals surface area contributed by atoms with Crippen LogP contribution in [0.5, 0.6) is 0 Å². The fraction of sp³-hybridized carbons (Fsp3) is 0.312. The molecule has 0 radical (unpaired) electrons. The van der Waals surface area contributed by atoms with Crippen LogP contribution in [0, 0.1) is 6.92 Å². The van der Waals surface area contributed by atoms with Crippen LogP contribution in [0.1, 0.15) is 30.5 Å². The minimum atomic E-state index is -0.326. The Hall–Kier alpha value is -1.65. The van der Waals surface area contributed by atoms with Crippen LogP contribution in [0.2, 0.25) is 0 Å². The number of ether oxygens (including phenoxy) is 1. The first-order valence-electron chi connectivity index (χ1n) is 6.66. The Labute approximate surface area is 123 Å². The second kappa shape index (κ2) is 6.68. The summed E-state index contributed by atoms with van der Waals surface area (Å²) in [5, 5.41) is 4.26. The molecule has 1 heterocycles. The molecule has 0 bridgehead atoms. The maximum atomic E-state index is 11.5. The van der Waals surface area contributed by atoms with Crippen molar-refractivity contribution in [3.05, 3.63) is 46.2 Å². The molecule has 0 amide bonds. The molecule has 1 aromatic carbocycles. The smallest absolute Gasteiger partial charge is 0.307 e. The minimum Gasteiger partial charge on any atom is -0.466 e. The lowest BCUT2D eigenvalue weighted by Crippen LogP contribution is -2.17. The summed E-state index contributed by atoms with van der Waals surface area (Å²) in [6, 6.07) is 7.73. The SMILES string of the molecule is CCOC(=O)CC(N)c1cccc(-c2cscc2C)c1. The highest BCUT2D eigenvalue weighted by molar-refractivity contribution is 7.08. The molecule has 0 fully saturated rings. The molecule has 0 spiro atoms. The fourth-order valence-electron chi connectivity index (χ4n) is 2.11. The number of aryl methyl sites for hydroxylation is 1. The van der Waals surface area contributed by atoms with E-state index in [-0.39, 0.29) is 18.4 Å². The van der Waals surface area contributed by atoms with Gasteiger partial charge in [0.25, 0.3) is 0 Å². The summed E-state index contributed by atoms with van der Waals surface area (Å²) >= 11 is 1.69. The fourth-order valence-corrected chi connectivity index (χ4v) is 2.97. The monoisotopic (exact) mass is 289 g/mol. The summed E-state index contributed by atoms with van der Waals surface area (Å²) in [6.45, 7) is 4.28. The molecule has 2 N–H and O–H groups in total. The van der Waals surface area contributed by atoms with Crippen molar-refractivity contribution in [3.63, 3.8) is 0 Å². The molecule has 106 valence electrons. The molecule has 4 heteroatoms. The first-order valence-corrected chi connectivity index (χ1v) is 7.60. The van der Waals surface area contributed by atoms with E-state index in [0.717, 1.165) is 11.1 Å². The quantitative estimate of drug-likeness (QED) is 0.854. The molecular weight excluding hydrogens is 270 g/mol. The van der Waals surface area contributed by atoms with Crippen molar-refractivity contribution in [1.29, 1.82) is 0 Å². The van der Waals surface area contributed by atoms with Crippen molar-refractivity contribution in [3.8, 4) is 11.1 Å². The molecule has 3 nitrogen and oxygen atoms in total. The highest BCUT2D eigenvalue weighted by Crippen LogP contribution is 2.29. The number of carbonyl (C=O) groups excluding carboxylic acids is 1. The minimum absolute atomic E-state index is 0.208. The van der Waals surface area contributed by atoms with Crippen LogP contribution in [-0.4, -0.2) is 12.6 Å². The van der Waals surface area contributed by atoms with E-state index < -0.39 is 0 Å². The number of rotatable bonds is 5. The van der Waals surface area contributed by atoms with Gasteiger partial charge in [-0.3, -0.25) is 4.79 Å². The summed E-state index contributed by atoms with van der Waals surface area (Å²) in [7, 11) is 0. The summed E-state index contributed by atoms with van der Waals surface area (Å²) in [5.41, 5.74) is 10.7. The molecule has 1 aromatic heterocycles. The van der Waals surface area contributed by atoms with E-state index in [1.165, 1.54) is 11.1 Å². The summed E-state index contributed by atoms with van der Waals surface area (Å²) in [6.07, 6.45) is 0.208. The number of esters is 1. The lowest BCUT2D eigenvalue weighted by molar-refractivity contribution is -0.143. The zero-order valence-electron chi connectivity index (χ0n) is 11.8. The second-order valence-electron chi connectivity index (χ2n) is 4.71. The first kappa shape index (κ1) is 14.8. The molecule has 1 atom stereocenters. The van der Waals surface area contributed by atoms with E-state index >= 15 is 0 Å². The van der Waals surface area contributed by atoms with Gasteiger partial charge in [-0.15, -0.1) is 0 Å². The van der Waals surface area contributed by atoms with Gasteiger partial charge in [-0.2, -0.15) is 11.3 Å². The van der Waals surface area contributed by atoms with E-state index in [9.17, 15) is 4.79 Å². The van der Waals surface area contributed by atoms with Gasteiger partial charge in [0.05, 0.1) is 13.0 Å². The lowest BCUT2D eigenvalue weighted by atomic mass is 9.98. The van der Waals surface area contributed by atoms with Crippen molar-refractivity contribution in [2.24, 2.45) is 5.73 Å². The van der Waals surface area contributed by atoms with E-state index in [1.54, 1.807) is 18.3 Å². The zero-order valence-corrected chi connectivity index (χ0v) is 12.6. The van der Waals surface area contributed by atoms with Crippen LogP contribution in [0.3, 0.4) is 0 Å². The van der Waals surface area contributed by atoms with Crippen LogP contribution in [0.15, 0.2) is 35.0 Å². The van der Waals surface area contributed by atoms with Gasteiger partial charge in [-0.1, -0.05) is 18.2 Å².